The molecule has 23 heavy (non-hydrogen) atoms. The predicted octanol–water partition coefficient (Wildman–Crippen LogP) is 3.70. The first-order valence-corrected chi connectivity index (χ1v) is 7.34. The van der Waals surface area contributed by atoms with Crippen molar-refractivity contribution < 1.29 is 4.39 Å². The number of hydrogen-bond donors (Lipinski definition) is 0. The van der Waals surface area contributed by atoms with E-state index in [0.29, 0.717) is 33.7 Å². The van der Waals surface area contributed by atoms with Crippen LogP contribution in [0.1, 0.15) is 37.1 Å². The van der Waals surface area contributed by atoms with Gasteiger partial charge >= 0.3 is 0 Å². The number of halogens is 1. The van der Waals surface area contributed by atoms with Crippen molar-refractivity contribution in [1.29, 1.82) is 5.26 Å². The maximum absolute atomic E-state index is 14.5. The monoisotopic (exact) mass is 309 g/mol. The van der Waals surface area contributed by atoms with E-state index in [1.807, 2.05) is 31.4 Å². The van der Waals surface area contributed by atoms with Crippen LogP contribution in [0.2, 0.25) is 0 Å². The molecular formula is C17H16FN5. The van der Waals surface area contributed by atoms with Gasteiger partial charge in [0.2, 0.25) is 0 Å². The van der Waals surface area contributed by atoms with E-state index in [-0.39, 0.29) is 6.04 Å². The first-order chi connectivity index (χ1) is 10.9. The van der Waals surface area contributed by atoms with Crippen molar-refractivity contribution in [3.8, 4) is 17.3 Å². The summed E-state index contributed by atoms with van der Waals surface area (Å²) in [4.78, 5) is 12.7. The van der Waals surface area contributed by atoms with Gasteiger partial charge in [-0.05, 0) is 39.8 Å². The van der Waals surface area contributed by atoms with E-state index in [0.717, 1.165) is 5.82 Å². The van der Waals surface area contributed by atoms with Crippen LogP contribution >= 0.6 is 0 Å². The van der Waals surface area contributed by atoms with Gasteiger partial charge in [0.1, 0.15) is 23.2 Å². The number of hydrogen-bond acceptors (Lipinski definition) is 4. The third-order valence-electron chi connectivity index (χ3n) is 3.74. The summed E-state index contributed by atoms with van der Waals surface area (Å²) in [6.45, 7) is 7.64. The topological polar surface area (TPSA) is 67.4 Å². The molecule has 0 aliphatic carbocycles. The molecular weight excluding hydrogens is 293 g/mol. The zero-order valence-corrected chi connectivity index (χ0v) is 13.4. The van der Waals surface area contributed by atoms with E-state index in [9.17, 15) is 9.65 Å². The van der Waals surface area contributed by atoms with Gasteiger partial charge in [0.15, 0.2) is 5.82 Å². The molecule has 0 atom stereocenters. The highest BCUT2D eigenvalue weighted by atomic mass is 19.1. The molecule has 6 heteroatoms. The zero-order chi connectivity index (χ0) is 16.7. The van der Waals surface area contributed by atoms with Crippen LogP contribution in [0.5, 0.6) is 0 Å². The summed E-state index contributed by atoms with van der Waals surface area (Å²) in [5, 5.41) is 9.26. The van der Waals surface area contributed by atoms with Crippen LogP contribution in [0.3, 0.4) is 0 Å². The molecule has 0 aliphatic rings. The average molecular weight is 309 g/mol. The molecule has 0 amide bonds. The molecule has 3 aromatic rings. The minimum absolute atomic E-state index is 0.150. The molecule has 5 nitrogen and oxygen atoms in total. The van der Waals surface area contributed by atoms with E-state index >= 15 is 0 Å². The minimum Gasteiger partial charge on any atom is -0.326 e. The Morgan fingerprint density at radius 1 is 1.22 bits per heavy atom. The van der Waals surface area contributed by atoms with Crippen molar-refractivity contribution in [1.82, 2.24) is 19.5 Å². The lowest BCUT2D eigenvalue weighted by atomic mass is 10.1. The summed E-state index contributed by atoms with van der Waals surface area (Å²) < 4.78 is 16.5. The van der Waals surface area contributed by atoms with E-state index in [4.69, 9.17) is 0 Å². The van der Waals surface area contributed by atoms with E-state index < -0.39 is 5.82 Å². The number of fused-ring (bicyclic) bond motifs is 1. The van der Waals surface area contributed by atoms with Crippen molar-refractivity contribution in [3.63, 3.8) is 0 Å². The second-order valence-electron chi connectivity index (χ2n) is 5.74. The lowest BCUT2D eigenvalue weighted by Crippen LogP contribution is -2.03. The summed E-state index contributed by atoms with van der Waals surface area (Å²) in [6.07, 6.45) is 1.46. The minimum atomic E-state index is -0.417. The van der Waals surface area contributed by atoms with Crippen LogP contribution in [-0.2, 0) is 0 Å². The molecule has 116 valence electrons. The third-order valence-corrected chi connectivity index (χ3v) is 3.74. The largest absolute Gasteiger partial charge is 0.326 e. The van der Waals surface area contributed by atoms with Gasteiger partial charge in [-0.2, -0.15) is 5.26 Å². The average Bonchev–Trinajstić information content (AvgIpc) is 2.84. The summed E-state index contributed by atoms with van der Waals surface area (Å²) in [5.41, 5.74) is 2.35. The Bertz CT molecular complexity index is 950. The quantitative estimate of drug-likeness (QED) is 0.724. The Balaban J connectivity index is 2.35. The van der Waals surface area contributed by atoms with Gasteiger partial charge in [0.05, 0.1) is 16.8 Å². The molecule has 0 N–H and O–H groups in total. The highest BCUT2D eigenvalue weighted by Gasteiger charge is 2.17. The van der Waals surface area contributed by atoms with Crippen LogP contribution in [0.15, 0.2) is 18.3 Å². The summed E-state index contributed by atoms with van der Waals surface area (Å²) in [5.74, 6) is 0.874. The summed E-state index contributed by atoms with van der Waals surface area (Å²) >= 11 is 0. The van der Waals surface area contributed by atoms with E-state index in [2.05, 4.69) is 21.0 Å². The maximum Gasteiger partial charge on any atom is 0.151 e. The lowest BCUT2D eigenvalue weighted by Gasteiger charge is -2.12. The van der Waals surface area contributed by atoms with Crippen molar-refractivity contribution in [2.75, 3.05) is 0 Å². The lowest BCUT2D eigenvalue weighted by molar-refractivity contribution is 0.600. The normalized spacial score (nSPS) is 11.2. The van der Waals surface area contributed by atoms with Gasteiger partial charge in [0, 0.05) is 17.8 Å². The molecule has 0 unspecified atom stereocenters. The number of rotatable bonds is 2. The standard InChI is InChI=1S/C17H16FN5/c1-9(2)23-11(4)22-17-14(18)5-12(6-15(17)23)16-13(7-19)8-20-10(3)21-16/h5-6,8-9H,1-4H3. The van der Waals surface area contributed by atoms with Crippen LogP contribution < -0.4 is 0 Å². The summed E-state index contributed by atoms with van der Waals surface area (Å²) in [7, 11) is 0. The molecule has 0 bridgehead atoms. The highest BCUT2D eigenvalue weighted by molar-refractivity contribution is 5.83. The Labute approximate surface area is 133 Å². The van der Waals surface area contributed by atoms with E-state index in [1.165, 1.54) is 12.3 Å². The van der Waals surface area contributed by atoms with Gasteiger partial charge in [0.25, 0.3) is 0 Å². The Hall–Kier alpha value is -2.81. The Morgan fingerprint density at radius 2 is 1.96 bits per heavy atom. The van der Waals surface area contributed by atoms with Crippen LogP contribution in [-0.4, -0.2) is 19.5 Å². The second-order valence-corrected chi connectivity index (χ2v) is 5.74. The number of aromatic nitrogens is 4. The number of nitrogens with zero attached hydrogens (tertiary/aromatic N) is 5. The fourth-order valence-electron chi connectivity index (χ4n) is 2.83. The molecule has 0 saturated carbocycles. The van der Waals surface area contributed by atoms with Crippen molar-refractivity contribution in [3.05, 3.63) is 41.4 Å². The van der Waals surface area contributed by atoms with E-state index in [1.54, 1.807) is 6.92 Å². The Morgan fingerprint density at radius 3 is 2.61 bits per heavy atom. The fourth-order valence-corrected chi connectivity index (χ4v) is 2.83. The van der Waals surface area contributed by atoms with Crippen LogP contribution in [0, 0.1) is 31.0 Å². The Kier molecular flexibility index (Phi) is 3.57. The molecule has 0 saturated heterocycles. The smallest absolute Gasteiger partial charge is 0.151 e. The van der Waals surface area contributed by atoms with Crippen molar-refractivity contribution in [2.45, 2.75) is 33.7 Å². The zero-order valence-electron chi connectivity index (χ0n) is 13.4. The van der Waals surface area contributed by atoms with Gasteiger partial charge in [-0.15, -0.1) is 0 Å². The first kappa shape index (κ1) is 15.1. The molecule has 2 aromatic heterocycles. The second kappa shape index (κ2) is 5.43. The van der Waals surface area contributed by atoms with Crippen molar-refractivity contribution >= 4 is 11.0 Å². The first-order valence-electron chi connectivity index (χ1n) is 7.34. The van der Waals surface area contributed by atoms with Gasteiger partial charge in [-0.1, -0.05) is 0 Å². The molecule has 1 aromatic carbocycles. The van der Waals surface area contributed by atoms with Crippen molar-refractivity contribution in [2.24, 2.45) is 0 Å². The number of imidazole rings is 1. The SMILES string of the molecule is Cc1ncc(C#N)c(-c2cc(F)c3nc(C)n(C(C)C)c3c2)n1. The molecule has 0 aliphatic heterocycles. The molecule has 0 radical (unpaired) electrons. The molecule has 0 spiro atoms. The predicted molar refractivity (Wildman–Crippen MR) is 85.3 cm³/mol. The van der Waals surface area contributed by atoms with Gasteiger partial charge < -0.3 is 4.57 Å². The fraction of sp³-hybridized carbons (Fsp3) is 0.294. The number of benzene rings is 1. The van der Waals surface area contributed by atoms with Gasteiger partial charge in [-0.3, -0.25) is 0 Å². The maximum atomic E-state index is 14.5. The number of aryl methyl sites for hydroxylation is 2. The molecule has 2 heterocycles. The molecule has 3 rings (SSSR count). The summed E-state index contributed by atoms with van der Waals surface area (Å²) in [6, 6.07) is 5.42. The highest BCUT2D eigenvalue weighted by Crippen LogP contribution is 2.29. The van der Waals surface area contributed by atoms with Crippen LogP contribution in [0.25, 0.3) is 22.3 Å². The molecule has 0 fully saturated rings. The van der Waals surface area contributed by atoms with Gasteiger partial charge in [-0.25, -0.2) is 19.3 Å². The van der Waals surface area contributed by atoms with Crippen LogP contribution in [0.4, 0.5) is 4.39 Å². The third kappa shape index (κ3) is 2.44. The number of nitriles is 1.